The van der Waals surface area contributed by atoms with Crippen LogP contribution >= 0.6 is 39.1 Å². The van der Waals surface area contributed by atoms with E-state index in [1.54, 1.807) is 120 Å². The van der Waals surface area contributed by atoms with Gasteiger partial charge in [-0.3, -0.25) is 4.84 Å². The third-order valence-electron chi connectivity index (χ3n) is 8.26. The van der Waals surface area contributed by atoms with Crippen LogP contribution < -0.4 is 5.48 Å². The number of pyridine rings is 2. The van der Waals surface area contributed by atoms with Crippen LogP contribution in [0.25, 0.3) is 43.4 Å². The second-order valence-corrected chi connectivity index (χ2v) is 19.4. The van der Waals surface area contributed by atoms with E-state index in [2.05, 4.69) is 36.4 Å². The highest BCUT2D eigenvalue weighted by molar-refractivity contribution is 9.08. The number of esters is 2. The molecule has 326 valence electrons. The van der Waals surface area contributed by atoms with Gasteiger partial charge in [-0.05, 0) is 95.2 Å². The van der Waals surface area contributed by atoms with E-state index in [-0.39, 0.29) is 22.7 Å². The number of hydrogen-bond acceptors (Lipinski definition) is 11. The molecule has 0 unspecified atom stereocenters. The van der Waals surface area contributed by atoms with Gasteiger partial charge in [-0.1, -0.05) is 63.4 Å². The number of hydroxylamine groups is 1. The molecule has 0 aliphatic carbocycles. The predicted molar refractivity (Wildman–Crippen MR) is 240 cm³/mol. The third kappa shape index (κ3) is 11.7. The summed E-state index contributed by atoms with van der Waals surface area (Å²) in [7, 11) is 0. The summed E-state index contributed by atoms with van der Waals surface area (Å²) in [5.41, 5.74) is 1.94. The minimum absolute atomic E-state index is 0.156. The number of aromatic nitrogens is 4. The highest BCUT2D eigenvalue weighted by Crippen LogP contribution is 2.36. The van der Waals surface area contributed by atoms with Crippen LogP contribution in [-0.2, 0) is 35.7 Å². The van der Waals surface area contributed by atoms with Crippen LogP contribution in [0.3, 0.4) is 0 Å². The molecule has 0 radical (unpaired) electrons. The third-order valence-corrected chi connectivity index (χ3v) is 9.21. The van der Waals surface area contributed by atoms with Gasteiger partial charge >= 0.3 is 24.1 Å². The first-order valence-electron chi connectivity index (χ1n) is 19.2. The van der Waals surface area contributed by atoms with Crippen molar-refractivity contribution in [2.24, 2.45) is 0 Å². The molecule has 0 saturated carbocycles. The molecule has 2 N–H and O–H groups in total. The van der Waals surface area contributed by atoms with Gasteiger partial charge < -0.3 is 23.9 Å². The van der Waals surface area contributed by atoms with Crippen LogP contribution in [-0.4, -0.2) is 66.0 Å². The maximum atomic E-state index is 13.2. The molecule has 1 amide bonds. The van der Waals surface area contributed by atoms with Crippen molar-refractivity contribution in [1.82, 2.24) is 25.0 Å². The SMILES string of the molecule is CC(C)(C)OC(=O)NOCc1nc2c(ccc3c[nH]c(Cl)cc32)c1C(=O)OC(C)(C)C.CC(C)(C)OC(=O)c1c(CBr)n(C(=O)OC(C)(C)C)c2c1ccc1cnc(Cl)cc12. The zero-order valence-corrected chi connectivity index (χ0v) is 39.3. The van der Waals surface area contributed by atoms with Gasteiger partial charge in [0.25, 0.3) is 0 Å². The first-order valence-corrected chi connectivity index (χ1v) is 21.1. The number of halogens is 3. The molecule has 61 heavy (non-hydrogen) atoms. The molecule has 0 bridgehead atoms. The van der Waals surface area contributed by atoms with E-state index in [4.69, 9.17) is 47.0 Å². The number of nitrogens with one attached hydrogen (secondary N) is 2. The number of alkyl halides is 1. The molecular weight excluding hydrogens is 893 g/mol. The van der Waals surface area contributed by atoms with Crippen molar-refractivity contribution in [3.63, 3.8) is 0 Å². The van der Waals surface area contributed by atoms with Gasteiger partial charge in [-0.25, -0.2) is 33.7 Å². The average molecular weight is 944 g/mol. The number of benzene rings is 2. The van der Waals surface area contributed by atoms with Gasteiger partial charge in [0.05, 0.1) is 33.5 Å². The number of aromatic amines is 1. The van der Waals surface area contributed by atoms with Crippen LogP contribution in [0.5, 0.6) is 0 Å². The quantitative estimate of drug-likeness (QED) is 0.0535. The smallest absolute Gasteiger partial charge is 0.431 e. The number of H-pyrrole nitrogens is 1. The zero-order valence-electron chi connectivity index (χ0n) is 36.2. The first-order chi connectivity index (χ1) is 28.2. The summed E-state index contributed by atoms with van der Waals surface area (Å²) < 4.78 is 23.4. The van der Waals surface area contributed by atoms with Crippen LogP contribution in [0.2, 0.25) is 10.3 Å². The maximum Gasteiger partial charge on any atom is 0.431 e. The minimum Gasteiger partial charge on any atom is -0.456 e. The molecule has 14 nitrogen and oxygen atoms in total. The topological polar surface area (TPSA) is 173 Å². The van der Waals surface area contributed by atoms with E-state index < -0.39 is 46.5 Å². The lowest BCUT2D eigenvalue weighted by atomic mass is 10.1. The van der Waals surface area contributed by atoms with Gasteiger partial charge in [-0.2, -0.15) is 5.48 Å². The lowest BCUT2D eigenvalue weighted by Gasteiger charge is -2.21. The molecule has 0 saturated heterocycles. The summed E-state index contributed by atoms with van der Waals surface area (Å²) in [5.74, 6) is -1.04. The van der Waals surface area contributed by atoms with E-state index in [1.165, 1.54) is 4.57 Å². The predicted octanol–water partition coefficient (Wildman–Crippen LogP) is 11.8. The molecule has 2 aromatic carbocycles. The second-order valence-electron chi connectivity index (χ2n) is 18.0. The Morgan fingerprint density at radius 2 is 1.30 bits per heavy atom. The lowest BCUT2D eigenvalue weighted by Crippen LogP contribution is -2.32. The molecule has 4 aromatic heterocycles. The van der Waals surface area contributed by atoms with E-state index in [0.717, 1.165) is 16.2 Å². The number of carbonyl (C=O) groups is 4. The van der Waals surface area contributed by atoms with Gasteiger partial charge in [0, 0.05) is 50.0 Å². The summed E-state index contributed by atoms with van der Waals surface area (Å²) in [6.07, 6.45) is 2.07. The number of carbonyl (C=O) groups excluding carboxylic acids is 4. The Labute approximate surface area is 372 Å². The Morgan fingerprint density at radius 1 is 0.721 bits per heavy atom. The number of hydrogen-bond donors (Lipinski definition) is 2. The lowest BCUT2D eigenvalue weighted by molar-refractivity contribution is -0.0149. The van der Waals surface area contributed by atoms with Crippen LogP contribution in [0.4, 0.5) is 9.59 Å². The van der Waals surface area contributed by atoms with Gasteiger partial charge in [0.1, 0.15) is 39.3 Å². The Bertz CT molecular complexity index is 2660. The molecule has 0 spiro atoms. The second kappa shape index (κ2) is 17.8. The van der Waals surface area contributed by atoms with E-state index in [1.807, 2.05) is 12.1 Å². The molecule has 4 heterocycles. The molecule has 0 aliphatic rings. The summed E-state index contributed by atoms with van der Waals surface area (Å²) >= 11 is 15.7. The highest BCUT2D eigenvalue weighted by atomic mass is 79.9. The van der Waals surface area contributed by atoms with Crippen molar-refractivity contribution < 1.29 is 43.0 Å². The summed E-state index contributed by atoms with van der Waals surface area (Å²) in [5, 5.41) is 5.29. The van der Waals surface area contributed by atoms with E-state index >= 15 is 0 Å². The molecule has 6 aromatic rings. The fraction of sp³-hybridized carbons (Fsp3) is 0.409. The minimum atomic E-state index is -0.741. The fourth-order valence-corrected chi connectivity index (χ4v) is 7.07. The molecule has 6 rings (SSSR count). The van der Waals surface area contributed by atoms with E-state index in [0.29, 0.717) is 49.3 Å². The number of ether oxygens (including phenoxy) is 4. The first kappa shape index (κ1) is 47.1. The largest absolute Gasteiger partial charge is 0.456 e. The summed E-state index contributed by atoms with van der Waals surface area (Å²) in [6, 6.07) is 10.7. The van der Waals surface area contributed by atoms with Crippen molar-refractivity contribution in [3.05, 3.63) is 81.6 Å². The van der Waals surface area contributed by atoms with Crippen molar-refractivity contribution >= 4 is 107 Å². The monoisotopic (exact) mass is 941 g/mol. The maximum absolute atomic E-state index is 13.2. The number of fused-ring (bicyclic) bond motifs is 6. The standard InChI is InChI=1S/C22H24BrClN2O4.C22H26ClN3O5/c1-21(2,3)29-19(27)17-13-8-7-12-11-25-16(24)9-14(12)18(13)26(15(17)10-23)20(28)30-22(4,5)6;1-21(2,3)30-19(27)17-13-8-7-12-10-24-16(23)9-14(12)18(13)25-15(17)11-29-26-20(28)31-22(4,5)6/h7-9,11H,10H2,1-6H3;7-10,24H,11H2,1-6H3,(H,26,28). The Balaban J connectivity index is 0.000000231. The van der Waals surface area contributed by atoms with Crippen LogP contribution in [0.15, 0.2) is 48.8 Å². The summed E-state index contributed by atoms with van der Waals surface area (Å²) in [4.78, 5) is 68.1. The van der Waals surface area contributed by atoms with Crippen molar-refractivity contribution in [3.8, 4) is 0 Å². The average Bonchev–Trinajstić information content (AvgIpc) is 3.65. The molecular formula is C44H50BrCl2N5O9. The van der Waals surface area contributed by atoms with Gasteiger partial charge in [0.2, 0.25) is 0 Å². The summed E-state index contributed by atoms with van der Waals surface area (Å²) in [6.45, 7) is 21.2. The molecule has 0 atom stereocenters. The Kier molecular flexibility index (Phi) is 13.7. The van der Waals surface area contributed by atoms with Gasteiger partial charge in [0.15, 0.2) is 0 Å². The van der Waals surface area contributed by atoms with Crippen LogP contribution in [0, 0.1) is 0 Å². The normalized spacial score (nSPS) is 12.3. The zero-order chi connectivity index (χ0) is 45.4. The molecule has 0 aliphatic heterocycles. The van der Waals surface area contributed by atoms with Crippen LogP contribution in [0.1, 0.15) is 115 Å². The fourth-order valence-electron chi connectivity index (χ4n) is 6.22. The van der Waals surface area contributed by atoms with Crippen molar-refractivity contribution in [2.45, 2.75) is 117 Å². The number of amides is 1. The molecule has 0 fully saturated rings. The number of rotatable bonds is 6. The van der Waals surface area contributed by atoms with Crippen molar-refractivity contribution in [1.29, 1.82) is 0 Å². The Hall–Kier alpha value is -4.96. The Morgan fingerprint density at radius 3 is 1.89 bits per heavy atom. The van der Waals surface area contributed by atoms with E-state index in [9.17, 15) is 19.2 Å². The number of nitrogens with zero attached hydrogens (tertiary/aromatic N) is 3. The highest BCUT2D eigenvalue weighted by Gasteiger charge is 2.32. The van der Waals surface area contributed by atoms with Gasteiger partial charge in [-0.15, -0.1) is 0 Å². The molecule has 17 heteroatoms. The van der Waals surface area contributed by atoms with Crippen molar-refractivity contribution in [2.75, 3.05) is 0 Å².